The van der Waals surface area contributed by atoms with Gasteiger partial charge in [-0.1, -0.05) is 0 Å². The summed E-state index contributed by atoms with van der Waals surface area (Å²) in [6.45, 7) is 0.408. The Kier molecular flexibility index (Phi) is 2.56. The molecule has 0 saturated heterocycles. The van der Waals surface area contributed by atoms with E-state index in [0.717, 1.165) is 16.5 Å². The van der Waals surface area contributed by atoms with E-state index in [0.29, 0.717) is 13.0 Å². The van der Waals surface area contributed by atoms with Gasteiger partial charge in [0.05, 0.1) is 0 Å². The maximum Gasteiger partial charge on any atom is 0.164 e. The van der Waals surface area contributed by atoms with E-state index in [2.05, 4.69) is 0 Å². The van der Waals surface area contributed by atoms with Gasteiger partial charge in [-0.25, -0.2) is 0 Å². The Morgan fingerprint density at radius 3 is 2.93 bits per heavy atom. The molecule has 1 heterocycles. The van der Waals surface area contributed by atoms with Crippen LogP contribution in [0.4, 0.5) is 0 Å². The first kappa shape index (κ1) is 9.93. The molecule has 3 nitrogen and oxygen atoms in total. The van der Waals surface area contributed by atoms with Crippen molar-refractivity contribution in [1.29, 1.82) is 0 Å². The molecule has 0 aliphatic carbocycles. The van der Waals surface area contributed by atoms with Crippen LogP contribution in [0.5, 0.6) is 0 Å². The van der Waals surface area contributed by atoms with E-state index in [4.69, 9.17) is 5.73 Å². The van der Waals surface area contributed by atoms with Crippen LogP contribution in [0, 0.1) is 0 Å². The predicted octanol–water partition coefficient (Wildman–Crippen LogP) is 1.71. The molecule has 2 N–H and O–H groups in total. The minimum Gasteiger partial charge on any atom is -0.351 e. The van der Waals surface area contributed by atoms with E-state index in [1.165, 1.54) is 0 Å². The monoisotopic (exact) mass is 202 g/mol. The van der Waals surface area contributed by atoms with Crippen molar-refractivity contribution in [2.24, 2.45) is 12.8 Å². The van der Waals surface area contributed by atoms with Gasteiger partial charge in [0.1, 0.15) is 0 Å². The van der Waals surface area contributed by atoms with Crippen LogP contribution in [0.25, 0.3) is 10.9 Å². The minimum atomic E-state index is 0.114. The van der Waals surface area contributed by atoms with E-state index >= 15 is 0 Å². The minimum absolute atomic E-state index is 0.114. The van der Waals surface area contributed by atoms with Gasteiger partial charge in [0.15, 0.2) is 5.78 Å². The van der Waals surface area contributed by atoms with Gasteiger partial charge >= 0.3 is 0 Å². The molecule has 0 spiro atoms. The van der Waals surface area contributed by atoms with Gasteiger partial charge in [0, 0.05) is 36.1 Å². The van der Waals surface area contributed by atoms with Crippen LogP contribution < -0.4 is 5.73 Å². The number of aromatic nitrogens is 1. The van der Waals surface area contributed by atoms with Crippen molar-refractivity contribution in [3.63, 3.8) is 0 Å². The summed E-state index contributed by atoms with van der Waals surface area (Å²) in [7, 11) is 1.99. The Morgan fingerprint density at radius 1 is 1.40 bits per heavy atom. The normalized spacial score (nSPS) is 10.8. The molecule has 2 rings (SSSR count). The van der Waals surface area contributed by atoms with Gasteiger partial charge in [-0.3, -0.25) is 4.79 Å². The number of ketones is 1. The number of Topliss-reactive ketones (excluding diaryl/α,β-unsaturated/α-hetero) is 1. The molecular formula is C12H14N2O. The van der Waals surface area contributed by atoms with E-state index in [9.17, 15) is 4.79 Å². The Hall–Kier alpha value is -1.61. The Bertz CT molecular complexity index is 499. The molecule has 0 atom stereocenters. The largest absolute Gasteiger partial charge is 0.351 e. The molecule has 0 aliphatic heterocycles. The SMILES string of the molecule is Cn1ccc2cc(C(=O)CCN)ccc21. The van der Waals surface area contributed by atoms with Gasteiger partial charge < -0.3 is 10.3 Å². The summed E-state index contributed by atoms with van der Waals surface area (Å²) in [6, 6.07) is 7.77. The lowest BCUT2D eigenvalue weighted by Gasteiger charge is -2.00. The lowest BCUT2D eigenvalue weighted by atomic mass is 10.1. The van der Waals surface area contributed by atoms with Crippen LogP contribution in [0.1, 0.15) is 16.8 Å². The number of rotatable bonds is 3. The molecule has 0 aliphatic rings. The van der Waals surface area contributed by atoms with E-state index in [1.54, 1.807) is 0 Å². The molecule has 15 heavy (non-hydrogen) atoms. The van der Waals surface area contributed by atoms with Crippen molar-refractivity contribution in [2.45, 2.75) is 6.42 Å². The number of carbonyl (C=O) groups is 1. The average Bonchev–Trinajstić information content (AvgIpc) is 2.60. The summed E-state index contributed by atoms with van der Waals surface area (Å²) in [5.41, 5.74) is 7.25. The van der Waals surface area contributed by atoms with Crippen molar-refractivity contribution in [3.05, 3.63) is 36.0 Å². The highest BCUT2D eigenvalue weighted by Gasteiger charge is 2.06. The first-order valence-electron chi connectivity index (χ1n) is 5.00. The highest BCUT2D eigenvalue weighted by Crippen LogP contribution is 2.17. The quantitative estimate of drug-likeness (QED) is 0.770. The Morgan fingerprint density at radius 2 is 2.20 bits per heavy atom. The van der Waals surface area contributed by atoms with Crippen LogP contribution in [0.3, 0.4) is 0 Å². The molecule has 0 radical (unpaired) electrons. The fraction of sp³-hybridized carbons (Fsp3) is 0.250. The Labute approximate surface area is 88.5 Å². The summed E-state index contributed by atoms with van der Waals surface area (Å²) < 4.78 is 2.03. The lowest BCUT2D eigenvalue weighted by Crippen LogP contribution is -2.07. The highest BCUT2D eigenvalue weighted by molar-refractivity contribution is 5.99. The number of carbonyl (C=O) groups excluding carboxylic acids is 1. The number of hydrogen-bond acceptors (Lipinski definition) is 2. The van der Waals surface area contributed by atoms with Gasteiger partial charge in [-0.05, 0) is 30.8 Å². The fourth-order valence-electron chi connectivity index (χ4n) is 1.73. The smallest absolute Gasteiger partial charge is 0.164 e. The van der Waals surface area contributed by atoms with Crippen molar-refractivity contribution >= 4 is 16.7 Å². The van der Waals surface area contributed by atoms with E-state index in [1.807, 2.05) is 42.1 Å². The first-order valence-corrected chi connectivity index (χ1v) is 5.00. The van der Waals surface area contributed by atoms with E-state index < -0.39 is 0 Å². The fourth-order valence-corrected chi connectivity index (χ4v) is 1.73. The highest BCUT2D eigenvalue weighted by atomic mass is 16.1. The third-order valence-corrected chi connectivity index (χ3v) is 2.58. The summed E-state index contributed by atoms with van der Waals surface area (Å²) in [6.07, 6.45) is 2.40. The number of aryl methyl sites for hydroxylation is 1. The van der Waals surface area contributed by atoms with Crippen LogP contribution in [0.15, 0.2) is 30.5 Å². The molecule has 0 fully saturated rings. The number of fused-ring (bicyclic) bond motifs is 1. The molecule has 0 unspecified atom stereocenters. The average molecular weight is 202 g/mol. The van der Waals surface area contributed by atoms with Gasteiger partial charge in [-0.15, -0.1) is 0 Å². The lowest BCUT2D eigenvalue weighted by molar-refractivity contribution is 0.0985. The molecule has 78 valence electrons. The second-order valence-electron chi connectivity index (χ2n) is 3.66. The van der Waals surface area contributed by atoms with Crippen LogP contribution in [-0.4, -0.2) is 16.9 Å². The molecule has 0 bridgehead atoms. The maximum absolute atomic E-state index is 11.6. The second-order valence-corrected chi connectivity index (χ2v) is 3.66. The molecule has 0 amide bonds. The zero-order valence-corrected chi connectivity index (χ0v) is 8.73. The van der Waals surface area contributed by atoms with Crippen LogP contribution in [0.2, 0.25) is 0 Å². The molecule has 3 heteroatoms. The summed E-state index contributed by atoms with van der Waals surface area (Å²) in [5.74, 6) is 0.114. The van der Waals surface area contributed by atoms with Gasteiger partial charge in [0.25, 0.3) is 0 Å². The zero-order chi connectivity index (χ0) is 10.8. The number of hydrogen-bond donors (Lipinski definition) is 1. The molecule has 1 aromatic carbocycles. The van der Waals surface area contributed by atoms with Crippen molar-refractivity contribution in [3.8, 4) is 0 Å². The summed E-state index contributed by atoms with van der Waals surface area (Å²) in [4.78, 5) is 11.6. The van der Waals surface area contributed by atoms with Crippen molar-refractivity contribution in [2.75, 3.05) is 6.54 Å². The molecule has 1 aromatic heterocycles. The van der Waals surface area contributed by atoms with Crippen LogP contribution >= 0.6 is 0 Å². The Balaban J connectivity index is 2.43. The van der Waals surface area contributed by atoms with E-state index in [-0.39, 0.29) is 5.78 Å². The third kappa shape index (κ3) is 1.78. The molecular weight excluding hydrogens is 188 g/mol. The third-order valence-electron chi connectivity index (χ3n) is 2.58. The predicted molar refractivity (Wildman–Crippen MR) is 60.9 cm³/mol. The number of nitrogens with two attached hydrogens (primary N) is 1. The standard InChI is InChI=1S/C12H14N2O/c1-14-7-5-9-8-10(2-3-11(9)14)12(15)4-6-13/h2-3,5,7-8H,4,6,13H2,1H3. The number of nitrogens with zero attached hydrogens (tertiary/aromatic N) is 1. The summed E-state index contributed by atoms with van der Waals surface area (Å²) >= 11 is 0. The molecule has 0 saturated carbocycles. The summed E-state index contributed by atoms with van der Waals surface area (Å²) in [5, 5.41) is 1.10. The zero-order valence-electron chi connectivity index (χ0n) is 8.73. The van der Waals surface area contributed by atoms with Gasteiger partial charge in [-0.2, -0.15) is 0 Å². The van der Waals surface area contributed by atoms with Crippen LogP contribution in [-0.2, 0) is 7.05 Å². The maximum atomic E-state index is 11.6. The second kappa shape index (κ2) is 3.87. The van der Waals surface area contributed by atoms with Crippen molar-refractivity contribution < 1.29 is 4.79 Å². The van der Waals surface area contributed by atoms with Crippen molar-refractivity contribution in [1.82, 2.24) is 4.57 Å². The number of benzene rings is 1. The first-order chi connectivity index (χ1) is 7.22. The topological polar surface area (TPSA) is 48.0 Å². The molecule has 2 aromatic rings. The van der Waals surface area contributed by atoms with Gasteiger partial charge in [0.2, 0.25) is 0 Å².